The van der Waals surface area contributed by atoms with E-state index in [2.05, 4.69) is 94.8 Å². The minimum Gasteiger partial charge on any atom is -0.455 e. The van der Waals surface area contributed by atoms with Crippen LogP contribution >= 0.6 is 0 Å². The van der Waals surface area contributed by atoms with Crippen LogP contribution in [-0.2, 0) is 16.7 Å². The zero-order valence-electron chi connectivity index (χ0n) is 21.1. The quantitative estimate of drug-likeness (QED) is 0.388. The predicted molar refractivity (Wildman–Crippen MR) is 136 cm³/mol. The van der Waals surface area contributed by atoms with Gasteiger partial charge in [-0.2, -0.15) is 4.57 Å². The van der Waals surface area contributed by atoms with E-state index in [1.54, 1.807) is 7.11 Å². The molecule has 1 aliphatic rings. The number of allylic oxidation sites excluding steroid dienone is 2. The molecule has 3 nitrogen and oxygen atoms in total. The van der Waals surface area contributed by atoms with Gasteiger partial charge in [0.2, 0.25) is 16.7 Å². The van der Waals surface area contributed by atoms with Crippen molar-refractivity contribution in [2.45, 2.75) is 59.3 Å². The molecule has 0 radical (unpaired) electrons. The fraction of sp³-hybridized carbons (Fsp3) is 0.367. The van der Waals surface area contributed by atoms with Gasteiger partial charge in [-0.1, -0.05) is 56.8 Å². The lowest BCUT2D eigenvalue weighted by atomic mass is 9.75. The molecule has 2 aromatic carbocycles. The van der Waals surface area contributed by atoms with Crippen LogP contribution in [0.25, 0.3) is 16.5 Å². The minimum absolute atomic E-state index is 0.214. The molecule has 33 heavy (non-hydrogen) atoms. The Morgan fingerprint density at radius 2 is 1.64 bits per heavy atom. The average Bonchev–Trinajstić information content (AvgIpc) is 2.77. The molecule has 0 amide bonds. The van der Waals surface area contributed by atoms with Crippen LogP contribution in [0.15, 0.2) is 73.3 Å². The van der Waals surface area contributed by atoms with E-state index in [0.29, 0.717) is 0 Å². The fourth-order valence-electron chi connectivity index (χ4n) is 4.95. The van der Waals surface area contributed by atoms with Crippen molar-refractivity contribution in [3.63, 3.8) is 0 Å². The largest absolute Gasteiger partial charge is 0.455 e. The molecule has 1 aromatic heterocycles. The zero-order valence-corrected chi connectivity index (χ0v) is 21.1. The Bertz CT molecular complexity index is 1270. The molecular formula is C30H36NO2+. The standard InChI is InChI=1S/C30H36NO2/c1-20-14-16-26-23(18-20)15-17-25-21(2)22(3)28(4,5)19-24-12-10-11-13-27(24)33-30(8,32-9)29(6,7)31(25)26/h10-18H,2-3,19H2,1,4-9H3/q+1. The number of rotatable bonds is 1. The highest BCUT2D eigenvalue weighted by atomic mass is 16.7. The molecule has 0 aliphatic carbocycles. The molecule has 3 aromatic rings. The van der Waals surface area contributed by atoms with E-state index in [9.17, 15) is 0 Å². The van der Waals surface area contributed by atoms with Crippen LogP contribution in [0.4, 0.5) is 0 Å². The van der Waals surface area contributed by atoms with Gasteiger partial charge in [-0.3, -0.25) is 0 Å². The van der Waals surface area contributed by atoms with Gasteiger partial charge in [-0.05, 0) is 48.1 Å². The molecule has 0 N–H and O–H groups in total. The SMILES string of the molecule is C=C1C(=C)C(C)(C)Cc2ccccc2OC(C)(OC)C(C)(C)[n+]2c1ccc1cc(C)ccc12. The fourth-order valence-corrected chi connectivity index (χ4v) is 4.95. The molecule has 2 heterocycles. The van der Waals surface area contributed by atoms with Crippen molar-refractivity contribution in [2.24, 2.45) is 5.41 Å². The van der Waals surface area contributed by atoms with Crippen LogP contribution in [0.1, 0.15) is 51.4 Å². The van der Waals surface area contributed by atoms with Crippen molar-refractivity contribution in [2.75, 3.05) is 7.11 Å². The molecule has 1 aliphatic heterocycles. The van der Waals surface area contributed by atoms with Crippen molar-refractivity contribution >= 4 is 16.5 Å². The van der Waals surface area contributed by atoms with Crippen LogP contribution in [0.5, 0.6) is 5.75 Å². The number of fused-ring (bicyclic) bond motifs is 4. The van der Waals surface area contributed by atoms with Crippen LogP contribution in [-0.4, -0.2) is 12.9 Å². The van der Waals surface area contributed by atoms with E-state index in [1.807, 2.05) is 19.1 Å². The lowest BCUT2D eigenvalue weighted by Gasteiger charge is -2.39. The van der Waals surface area contributed by atoms with Crippen molar-refractivity contribution in [1.82, 2.24) is 0 Å². The third-order valence-corrected chi connectivity index (χ3v) is 7.55. The van der Waals surface area contributed by atoms with Gasteiger partial charge in [0, 0.05) is 51.0 Å². The number of ether oxygens (including phenoxy) is 2. The second kappa shape index (κ2) is 7.85. The molecule has 0 spiro atoms. The molecule has 0 saturated heterocycles. The summed E-state index contributed by atoms with van der Waals surface area (Å²) in [5, 5.41) is 1.17. The van der Waals surface area contributed by atoms with Gasteiger partial charge in [-0.25, -0.2) is 0 Å². The van der Waals surface area contributed by atoms with Gasteiger partial charge >= 0.3 is 0 Å². The Morgan fingerprint density at radius 3 is 2.33 bits per heavy atom. The number of hydrogen-bond donors (Lipinski definition) is 0. The van der Waals surface area contributed by atoms with E-state index < -0.39 is 11.3 Å². The highest BCUT2D eigenvalue weighted by molar-refractivity contribution is 5.81. The van der Waals surface area contributed by atoms with Crippen molar-refractivity contribution in [3.8, 4) is 5.75 Å². The Balaban J connectivity index is 2.11. The number of benzene rings is 2. The maximum atomic E-state index is 6.77. The molecule has 1 unspecified atom stereocenters. The van der Waals surface area contributed by atoms with Gasteiger partial charge in [0.25, 0.3) is 5.79 Å². The number of aryl methyl sites for hydroxylation is 1. The van der Waals surface area contributed by atoms with Crippen LogP contribution in [0, 0.1) is 12.3 Å². The topological polar surface area (TPSA) is 22.3 Å². The van der Waals surface area contributed by atoms with E-state index in [-0.39, 0.29) is 5.41 Å². The van der Waals surface area contributed by atoms with Gasteiger partial charge in [-0.15, -0.1) is 0 Å². The highest BCUT2D eigenvalue weighted by Crippen LogP contribution is 2.43. The smallest absolute Gasteiger partial charge is 0.272 e. The zero-order chi connectivity index (χ0) is 24.2. The molecular weight excluding hydrogens is 406 g/mol. The first-order chi connectivity index (χ1) is 15.4. The van der Waals surface area contributed by atoms with Crippen LogP contribution in [0.3, 0.4) is 0 Å². The first-order valence-electron chi connectivity index (χ1n) is 11.6. The van der Waals surface area contributed by atoms with Crippen LogP contribution < -0.4 is 9.30 Å². The summed E-state index contributed by atoms with van der Waals surface area (Å²) in [6.45, 7) is 22.0. The lowest BCUT2D eigenvalue weighted by Crippen LogP contribution is -2.69. The van der Waals surface area contributed by atoms with Gasteiger partial charge in [0.1, 0.15) is 5.75 Å². The maximum Gasteiger partial charge on any atom is 0.272 e. The summed E-state index contributed by atoms with van der Waals surface area (Å²) in [6.07, 6.45) is 0.786. The molecule has 1 atom stereocenters. The first-order valence-corrected chi connectivity index (χ1v) is 11.6. The molecule has 3 heteroatoms. The van der Waals surface area contributed by atoms with Crippen molar-refractivity contribution < 1.29 is 14.0 Å². The van der Waals surface area contributed by atoms with Gasteiger partial charge in [0.05, 0.1) is 0 Å². The molecule has 4 rings (SSSR count). The van der Waals surface area contributed by atoms with Crippen molar-refractivity contribution in [1.29, 1.82) is 0 Å². The highest BCUT2D eigenvalue weighted by Gasteiger charge is 2.55. The molecule has 0 fully saturated rings. The minimum atomic E-state index is -0.961. The predicted octanol–water partition coefficient (Wildman–Crippen LogP) is 6.76. The summed E-state index contributed by atoms with van der Waals surface area (Å²) in [5.41, 5.74) is 5.63. The van der Waals surface area contributed by atoms with E-state index in [1.165, 1.54) is 10.9 Å². The van der Waals surface area contributed by atoms with E-state index in [0.717, 1.165) is 40.1 Å². The molecule has 0 bridgehead atoms. The monoisotopic (exact) mass is 442 g/mol. The third kappa shape index (κ3) is 3.69. The molecule has 0 saturated carbocycles. The second-order valence-corrected chi connectivity index (χ2v) is 10.6. The normalized spacial score (nSPS) is 22.2. The average molecular weight is 443 g/mol. The van der Waals surface area contributed by atoms with E-state index in [4.69, 9.17) is 9.47 Å². The van der Waals surface area contributed by atoms with Crippen LogP contribution in [0.2, 0.25) is 0 Å². The van der Waals surface area contributed by atoms with Gasteiger partial charge < -0.3 is 9.47 Å². The Morgan fingerprint density at radius 1 is 0.939 bits per heavy atom. The summed E-state index contributed by atoms with van der Waals surface area (Å²) in [5.74, 6) is -0.126. The number of para-hydroxylation sites is 1. The third-order valence-electron chi connectivity index (χ3n) is 7.55. The number of methoxy groups -OCH3 is 1. The van der Waals surface area contributed by atoms with E-state index >= 15 is 0 Å². The Labute approximate surface area is 198 Å². The summed E-state index contributed by atoms with van der Waals surface area (Å²) in [4.78, 5) is 0. The lowest BCUT2D eigenvalue weighted by molar-refractivity contribution is -0.761. The second-order valence-electron chi connectivity index (χ2n) is 10.6. The Hall–Kier alpha value is -2.91. The maximum absolute atomic E-state index is 6.77. The first kappa shape index (κ1) is 23.3. The number of hydrogen-bond acceptors (Lipinski definition) is 2. The number of pyridine rings is 1. The summed E-state index contributed by atoms with van der Waals surface area (Å²) in [7, 11) is 1.72. The summed E-state index contributed by atoms with van der Waals surface area (Å²) in [6, 6.07) is 19.1. The Kier molecular flexibility index (Phi) is 5.53. The summed E-state index contributed by atoms with van der Waals surface area (Å²) >= 11 is 0. The van der Waals surface area contributed by atoms with Crippen molar-refractivity contribution in [3.05, 3.63) is 90.1 Å². The summed E-state index contributed by atoms with van der Waals surface area (Å²) < 4.78 is 15.3. The van der Waals surface area contributed by atoms with Gasteiger partial charge in [0.15, 0.2) is 0 Å². The molecule has 172 valence electrons. The number of nitrogens with zero attached hydrogens (tertiary/aromatic N) is 1. The number of aromatic nitrogens is 1.